The van der Waals surface area contributed by atoms with Crippen molar-refractivity contribution in [2.45, 2.75) is 39.5 Å². The van der Waals surface area contributed by atoms with Crippen molar-refractivity contribution in [2.24, 2.45) is 0 Å². The third-order valence-electron chi connectivity index (χ3n) is 3.81. The highest BCUT2D eigenvalue weighted by Gasteiger charge is 2.18. The van der Waals surface area contributed by atoms with Gasteiger partial charge in [-0.2, -0.15) is 0 Å². The van der Waals surface area contributed by atoms with Gasteiger partial charge >= 0.3 is 0 Å². The number of halogens is 2. The van der Waals surface area contributed by atoms with Gasteiger partial charge in [-0.25, -0.2) is 0 Å². The van der Waals surface area contributed by atoms with Crippen LogP contribution in [0, 0.1) is 0 Å². The van der Waals surface area contributed by atoms with Crippen LogP contribution in [-0.4, -0.2) is 5.91 Å². The molecular weight excluding hydrogens is 329 g/mol. The summed E-state index contributed by atoms with van der Waals surface area (Å²) in [6.45, 7) is 8.45. The summed E-state index contributed by atoms with van der Waals surface area (Å²) in [7, 11) is 0. The maximum absolute atomic E-state index is 12.7. The normalized spacial score (nSPS) is 11.1. The molecular formula is C19H21Cl2NO. The summed E-state index contributed by atoms with van der Waals surface area (Å²) < 4.78 is 0. The van der Waals surface area contributed by atoms with E-state index in [-0.39, 0.29) is 10.9 Å². The van der Waals surface area contributed by atoms with Crippen LogP contribution in [0.3, 0.4) is 0 Å². The lowest BCUT2D eigenvalue weighted by Gasteiger charge is -2.20. The zero-order chi connectivity index (χ0) is 17.1. The predicted octanol–water partition coefficient (Wildman–Crippen LogP) is 6.49. The van der Waals surface area contributed by atoms with Gasteiger partial charge in [-0.1, -0.05) is 75.2 Å². The van der Waals surface area contributed by atoms with Crippen molar-refractivity contribution < 1.29 is 4.79 Å². The Bertz CT molecular complexity index is 697. The van der Waals surface area contributed by atoms with Gasteiger partial charge in [0, 0.05) is 5.69 Å². The van der Waals surface area contributed by atoms with Gasteiger partial charge in [0.25, 0.3) is 5.91 Å². The zero-order valence-electron chi connectivity index (χ0n) is 13.8. The molecule has 0 heterocycles. The maximum atomic E-state index is 12.7. The van der Waals surface area contributed by atoms with Crippen LogP contribution >= 0.6 is 23.2 Å². The highest BCUT2D eigenvalue weighted by atomic mass is 35.5. The van der Waals surface area contributed by atoms with E-state index in [9.17, 15) is 4.79 Å². The lowest BCUT2D eigenvalue weighted by atomic mass is 9.92. The molecule has 1 amide bonds. The van der Waals surface area contributed by atoms with E-state index in [2.05, 4.69) is 33.0 Å². The van der Waals surface area contributed by atoms with E-state index in [1.807, 2.05) is 18.2 Å². The Kier molecular flexibility index (Phi) is 5.72. The first-order valence-electron chi connectivity index (χ1n) is 7.71. The van der Waals surface area contributed by atoms with Crippen molar-refractivity contribution in [1.82, 2.24) is 0 Å². The largest absolute Gasteiger partial charge is 0.321 e. The summed E-state index contributed by atoms with van der Waals surface area (Å²) >= 11 is 12.2. The Balaban J connectivity index is 2.46. The molecule has 2 aromatic rings. The molecule has 0 unspecified atom stereocenters. The first kappa shape index (κ1) is 17.8. The quantitative estimate of drug-likeness (QED) is 0.671. The van der Waals surface area contributed by atoms with Crippen LogP contribution in [-0.2, 0) is 0 Å². The van der Waals surface area contributed by atoms with Crippen LogP contribution in [0.2, 0.25) is 10.0 Å². The highest BCUT2D eigenvalue weighted by molar-refractivity contribution is 6.44. The molecule has 0 saturated heterocycles. The Morgan fingerprint density at radius 1 is 0.913 bits per heavy atom. The fourth-order valence-electron chi connectivity index (χ4n) is 2.56. The van der Waals surface area contributed by atoms with Gasteiger partial charge in [-0.3, -0.25) is 4.79 Å². The minimum atomic E-state index is -0.243. The van der Waals surface area contributed by atoms with Gasteiger partial charge in [0.15, 0.2) is 0 Å². The van der Waals surface area contributed by atoms with Gasteiger partial charge in [0.2, 0.25) is 0 Å². The summed E-state index contributed by atoms with van der Waals surface area (Å²) in [6, 6.07) is 11.2. The third-order valence-corrected chi connectivity index (χ3v) is 4.63. The second-order valence-corrected chi connectivity index (χ2v) is 6.96. The molecule has 2 aromatic carbocycles. The number of anilines is 1. The molecule has 0 aromatic heterocycles. The lowest BCUT2D eigenvalue weighted by Crippen LogP contribution is -2.16. The van der Waals surface area contributed by atoms with Crippen molar-refractivity contribution in [3.05, 3.63) is 63.1 Å². The minimum Gasteiger partial charge on any atom is -0.321 e. The van der Waals surface area contributed by atoms with Crippen LogP contribution in [0.25, 0.3) is 0 Å². The van der Waals surface area contributed by atoms with E-state index in [0.717, 1.165) is 16.8 Å². The number of carbonyl (C=O) groups is 1. The smallest absolute Gasteiger partial charge is 0.257 e. The van der Waals surface area contributed by atoms with E-state index in [1.165, 1.54) is 0 Å². The number of hydrogen-bond acceptors (Lipinski definition) is 1. The van der Waals surface area contributed by atoms with Gasteiger partial charge in [0.1, 0.15) is 0 Å². The summed E-state index contributed by atoms with van der Waals surface area (Å²) in [5, 5.41) is 3.70. The molecule has 2 nitrogen and oxygen atoms in total. The van der Waals surface area contributed by atoms with E-state index >= 15 is 0 Å². The van der Waals surface area contributed by atoms with Crippen LogP contribution in [0.15, 0.2) is 36.4 Å². The molecule has 0 aliphatic heterocycles. The molecule has 4 heteroatoms. The molecule has 0 fully saturated rings. The molecule has 0 atom stereocenters. The topological polar surface area (TPSA) is 29.1 Å². The van der Waals surface area contributed by atoms with Crippen LogP contribution in [0.5, 0.6) is 0 Å². The Morgan fingerprint density at radius 3 is 1.96 bits per heavy atom. The molecule has 2 rings (SSSR count). The van der Waals surface area contributed by atoms with Crippen LogP contribution < -0.4 is 5.32 Å². The van der Waals surface area contributed by atoms with Crippen molar-refractivity contribution in [3.63, 3.8) is 0 Å². The van der Waals surface area contributed by atoms with Crippen molar-refractivity contribution in [1.29, 1.82) is 0 Å². The SMILES string of the molecule is CC(C)c1cccc(C(C)C)c1NC(=O)c1cccc(Cl)c1Cl. The molecule has 0 aliphatic carbocycles. The number of hydrogen-bond donors (Lipinski definition) is 1. The summed E-state index contributed by atoms with van der Waals surface area (Å²) in [5.74, 6) is 0.366. The fourth-order valence-corrected chi connectivity index (χ4v) is 2.94. The predicted molar refractivity (Wildman–Crippen MR) is 99.0 cm³/mol. The molecule has 0 radical (unpaired) electrons. The second-order valence-electron chi connectivity index (χ2n) is 6.18. The molecule has 0 aliphatic rings. The lowest BCUT2D eigenvalue weighted by molar-refractivity contribution is 0.102. The molecule has 0 saturated carbocycles. The number of benzene rings is 2. The van der Waals surface area contributed by atoms with Gasteiger partial charge in [0.05, 0.1) is 15.6 Å². The van der Waals surface area contributed by atoms with E-state index in [1.54, 1.807) is 18.2 Å². The summed E-state index contributed by atoms with van der Waals surface area (Å²) in [4.78, 5) is 12.7. The van der Waals surface area contributed by atoms with E-state index < -0.39 is 0 Å². The Labute approximate surface area is 147 Å². The number of para-hydroxylation sites is 1. The third kappa shape index (κ3) is 3.88. The van der Waals surface area contributed by atoms with E-state index in [0.29, 0.717) is 22.4 Å². The van der Waals surface area contributed by atoms with Crippen molar-refractivity contribution >= 4 is 34.8 Å². The average Bonchev–Trinajstić information content (AvgIpc) is 2.49. The highest BCUT2D eigenvalue weighted by Crippen LogP contribution is 2.33. The average molecular weight is 350 g/mol. The second kappa shape index (κ2) is 7.37. The standard InChI is InChI=1S/C19H21Cl2NO/c1-11(2)13-7-5-8-14(12(3)4)18(13)22-19(23)15-9-6-10-16(20)17(15)21/h5-12H,1-4H3,(H,22,23). The van der Waals surface area contributed by atoms with Crippen LogP contribution in [0.4, 0.5) is 5.69 Å². The van der Waals surface area contributed by atoms with Gasteiger partial charge in [-0.15, -0.1) is 0 Å². The molecule has 1 N–H and O–H groups in total. The monoisotopic (exact) mass is 349 g/mol. The van der Waals surface area contributed by atoms with Gasteiger partial charge in [-0.05, 0) is 35.1 Å². The summed E-state index contributed by atoms with van der Waals surface area (Å²) in [5.41, 5.74) is 3.48. The minimum absolute atomic E-state index is 0.243. The maximum Gasteiger partial charge on any atom is 0.257 e. The Morgan fingerprint density at radius 2 is 1.43 bits per heavy atom. The molecule has 0 spiro atoms. The number of amides is 1. The number of carbonyl (C=O) groups excluding carboxylic acids is 1. The number of nitrogens with one attached hydrogen (secondary N) is 1. The molecule has 122 valence electrons. The van der Waals surface area contributed by atoms with Gasteiger partial charge < -0.3 is 5.32 Å². The van der Waals surface area contributed by atoms with E-state index in [4.69, 9.17) is 23.2 Å². The Hall–Kier alpha value is -1.51. The number of rotatable bonds is 4. The fraction of sp³-hybridized carbons (Fsp3) is 0.316. The van der Waals surface area contributed by atoms with Crippen LogP contribution in [0.1, 0.15) is 61.0 Å². The molecule has 23 heavy (non-hydrogen) atoms. The first-order chi connectivity index (χ1) is 10.8. The summed E-state index contributed by atoms with van der Waals surface area (Å²) in [6.07, 6.45) is 0. The van der Waals surface area contributed by atoms with Crippen molar-refractivity contribution in [3.8, 4) is 0 Å². The van der Waals surface area contributed by atoms with Crippen molar-refractivity contribution in [2.75, 3.05) is 5.32 Å². The zero-order valence-corrected chi connectivity index (χ0v) is 15.3. The first-order valence-corrected chi connectivity index (χ1v) is 8.46. The molecule has 0 bridgehead atoms.